The Bertz CT molecular complexity index is 961. The van der Waals surface area contributed by atoms with Gasteiger partial charge in [-0.05, 0) is 42.2 Å². The lowest BCUT2D eigenvalue weighted by atomic mass is 9.75. The van der Waals surface area contributed by atoms with Gasteiger partial charge in [0.15, 0.2) is 5.78 Å². The number of aromatic nitrogens is 1. The number of nitrogens with one attached hydrogen (secondary N) is 1. The molecule has 0 fully saturated rings. The summed E-state index contributed by atoms with van der Waals surface area (Å²) >= 11 is 5.96. The number of hydrogen-bond acceptors (Lipinski definition) is 4. The average Bonchev–Trinajstić information content (AvgIpc) is 2.59. The van der Waals surface area contributed by atoms with Crippen molar-refractivity contribution in [3.05, 3.63) is 62.5 Å². The minimum atomic E-state index is -0.614. The van der Waals surface area contributed by atoms with Gasteiger partial charge in [-0.15, -0.1) is 0 Å². The van der Waals surface area contributed by atoms with Crippen LogP contribution in [0.4, 0.5) is 0 Å². The van der Waals surface area contributed by atoms with Crippen molar-refractivity contribution in [2.45, 2.75) is 26.7 Å². The third kappa shape index (κ3) is 3.82. The van der Waals surface area contributed by atoms with Crippen molar-refractivity contribution in [1.82, 2.24) is 9.88 Å². The van der Waals surface area contributed by atoms with E-state index in [2.05, 4.69) is 5.32 Å². The van der Waals surface area contributed by atoms with E-state index in [4.69, 9.17) is 16.7 Å². The molecule has 2 N–H and O–H groups in total. The number of aliphatic hydroxyl groups excluding tert-OH is 1. The molecule has 1 aromatic heterocycles. The number of amides is 1. The van der Waals surface area contributed by atoms with Crippen LogP contribution in [0, 0.1) is 5.41 Å². The van der Waals surface area contributed by atoms with Gasteiger partial charge in [-0.3, -0.25) is 19.0 Å². The lowest BCUT2D eigenvalue weighted by Crippen LogP contribution is -2.39. The molecule has 0 spiro atoms. The molecule has 1 heterocycles. The highest BCUT2D eigenvalue weighted by molar-refractivity contribution is 6.30. The Morgan fingerprint density at radius 2 is 1.89 bits per heavy atom. The van der Waals surface area contributed by atoms with Crippen molar-refractivity contribution in [3.8, 4) is 5.69 Å². The van der Waals surface area contributed by atoms with Gasteiger partial charge in [0.05, 0.1) is 6.61 Å². The maximum atomic E-state index is 13.1. The van der Waals surface area contributed by atoms with Crippen molar-refractivity contribution in [2.75, 3.05) is 13.2 Å². The van der Waals surface area contributed by atoms with Crippen molar-refractivity contribution >= 4 is 23.3 Å². The highest BCUT2D eigenvalue weighted by Gasteiger charge is 2.35. The standard InChI is InChI=1S/C20H21ClN2O4/c1-20(2)10-16-14(17(25)11-20)9-15(18(26)22-7-8-24)19(27)23(16)13-5-3-12(21)4-6-13/h3-6,9,24H,7-8,10-11H2,1-2H3,(H,22,26). The Balaban J connectivity index is 2.27. The van der Waals surface area contributed by atoms with Crippen LogP contribution in [-0.4, -0.2) is 34.5 Å². The molecule has 0 unspecified atom stereocenters. The summed E-state index contributed by atoms with van der Waals surface area (Å²) in [7, 11) is 0. The summed E-state index contributed by atoms with van der Waals surface area (Å²) in [4.78, 5) is 38.3. The van der Waals surface area contributed by atoms with Gasteiger partial charge in [-0.1, -0.05) is 25.4 Å². The second kappa shape index (κ2) is 7.29. The minimum absolute atomic E-state index is 0.0251. The number of carbonyl (C=O) groups excluding carboxylic acids is 2. The fourth-order valence-corrected chi connectivity index (χ4v) is 3.53. The Morgan fingerprint density at radius 3 is 2.52 bits per heavy atom. The molecule has 6 nitrogen and oxygen atoms in total. The molecule has 1 aliphatic rings. The predicted octanol–water partition coefficient (Wildman–Crippen LogP) is 2.37. The van der Waals surface area contributed by atoms with Gasteiger partial charge in [0.2, 0.25) is 0 Å². The number of aliphatic hydroxyl groups is 1. The summed E-state index contributed by atoms with van der Waals surface area (Å²) in [5.41, 5.74) is 0.622. The van der Waals surface area contributed by atoms with Crippen LogP contribution in [0.3, 0.4) is 0 Å². The third-order valence-corrected chi connectivity index (χ3v) is 4.87. The van der Waals surface area contributed by atoms with Gasteiger partial charge >= 0.3 is 0 Å². The molecule has 3 rings (SSSR count). The van der Waals surface area contributed by atoms with E-state index in [1.165, 1.54) is 10.6 Å². The van der Waals surface area contributed by atoms with Crippen molar-refractivity contribution in [3.63, 3.8) is 0 Å². The molecule has 142 valence electrons. The summed E-state index contributed by atoms with van der Waals surface area (Å²) in [6, 6.07) is 8.07. The Kier molecular flexibility index (Phi) is 5.22. The number of fused-ring (bicyclic) bond motifs is 1. The molecule has 0 radical (unpaired) electrons. The molecule has 1 aromatic carbocycles. The van der Waals surface area contributed by atoms with E-state index >= 15 is 0 Å². The fraction of sp³-hybridized carbons (Fsp3) is 0.350. The number of ketones is 1. The molecule has 0 atom stereocenters. The van der Waals surface area contributed by atoms with Crippen molar-refractivity contribution < 1.29 is 14.7 Å². The summed E-state index contributed by atoms with van der Waals surface area (Å²) in [5.74, 6) is -0.711. The monoisotopic (exact) mass is 388 g/mol. The first-order valence-corrected chi connectivity index (χ1v) is 9.08. The van der Waals surface area contributed by atoms with Crippen LogP contribution in [0.15, 0.2) is 35.1 Å². The van der Waals surface area contributed by atoms with Crippen molar-refractivity contribution in [1.29, 1.82) is 0 Å². The molecule has 1 amide bonds. The van der Waals surface area contributed by atoms with Gasteiger partial charge < -0.3 is 10.4 Å². The minimum Gasteiger partial charge on any atom is -0.395 e. The van der Waals surface area contributed by atoms with E-state index in [1.54, 1.807) is 24.3 Å². The van der Waals surface area contributed by atoms with Crippen LogP contribution < -0.4 is 10.9 Å². The molecule has 27 heavy (non-hydrogen) atoms. The van der Waals surface area contributed by atoms with Gasteiger partial charge in [0.1, 0.15) is 5.56 Å². The van der Waals surface area contributed by atoms with Gasteiger partial charge in [0, 0.05) is 34.9 Å². The summed E-state index contributed by atoms with van der Waals surface area (Å²) in [6.07, 6.45) is 0.876. The highest BCUT2D eigenvalue weighted by Crippen LogP contribution is 2.35. The number of nitrogens with zero attached hydrogens (tertiary/aromatic N) is 1. The largest absolute Gasteiger partial charge is 0.395 e. The summed E-state index contributed by atoms with van der Waals surface area (Å²) in [6.45, 7) is 3.74. The molecule has 7 heteroatoms. The zero-order valence-electron chi connectivity index (χ0n) is 15.2. The number of hydrogen-bond donors (Lipinski definition) is 2. The molecule has 2 aromatic rings. The van der Waals surface area contributed by atoms with Gasteiger partial charge in [-0.2, -0.15) is 0 Å². The third-order valence-electron chi connectivity index (χ3n) is 4.62. The van der Waals surface area contributed by atoms with E-state index in [1.807, 2.05) is 13.8 Å². The smallest absolute Gasteiger partial charge is 0.268 e. The first-order chi connectivity index (χ1) is 12.7. The molecule has 1 aliphatic carbocycles. The van der Waals surface area contributed by atoms with E-state index in [0.717, 1.165) is 0 Å². The Morgan fingerprint density at radius 1 is 1.22 bits per heavy atom. The van der Waals surface area contributed by atoms with E-state index in [-0.39, 0.29) is 29.9 Å². The first kappa shape index (κ1) is 19.3. The first-order valence-electron chi connectivity index (χ1n) is 8.70. The molecule has 0 aliphatic heterocycles. The number of Topliss-reactive ketones (excluding diaryl/α,β-unsaturated/α-hetero) is 1. The SMILES string of the molecule is CC1(C)CC(=O)c2cc(C(=O)NCCO)c(=O)n(-c3ccc(Cl)cc3)c2C1. The Labute approximate surface area is 161 Å². The molecular formula is C20H21ClN2O4. The molecule has 0 saturated carbocycles. The maximum absolute atomic E-state index is 13.1. The van der Waals surface area contributed by atoms with E-state index in [9.17, 15) is 14.4 Å². The summed E-state index contributed by atoms with van der Waals surface area (Å²) < 4.78 is 1.43. The van der Waals surface area contributed by atoms with Gasteiger partial charge in [0.25, 0.3) is 11.5 Å². The number of pyridine rings is 1. The molecule has 0 bridgehead atoms. The second-order valence-corrected chi connectivity index (χ2v) is 7.89. The summed E-state index contributed by atoms with van der Waals surface area (Å²) in [5, 5.41) is 11.9. The second-order valence-electron chi connectivity index (χ2n) is 7.46. The van der Waals surface area contributed by atoms with E-state index in [0.29, 0.717) is 34.8 Å². The number of carbonyl (C=O) groups is 2. The molecule has 0 saturated heterocycles. The van der Waals surface area contributed by atoms with Crippen LogP contribution in [0.2, 0.25) is 5.02 Å². The lowest BCUT2D eigenvalue weighted by Gasteiger charge is -2.32. The van der Waals surface area contributed by atoms with Crippen LogP contribution in [0.25, 0.3) is 5.69 Å². The number of halogens is 1. The maximum Gasteiger partial charge on any atom is 0.268 e. The average molecular weight is 389 g/mol. The van der Waals surface area contributed by atoms with Crippen LogP contribution in [-0.2, 0) is 6.42 Å². The van der Waals surface area contributed by atoms with E-state index < -0.39 is 11.5 Å². The zero-order chi connectivity index (χ0) is 19.8. The van der Waals surface area contributed by atoms with Gasteiger partial charge in [-0.25, -0.2) is 0 Å². The highest BCUT2D eigenvalue weighted by atomic mass is 35.5. The zero-order valence-corrected chi connectivity index (χ0v) is 16.0. The van der Waals surface area contributed by atoms with Crippen LogP contribution in [0.5, 0.6) is 0 Å². The van der Waals surface area contributed by atoms with Crippen LogP contribution in [0.1, 0.15) is 46.7 Å². The Hall–Kier alpha value is -2.44. The number of benzene rings is 1. The van der Waals surface area contributed by atoms with Crippen molar-refractivity contribution in [2.24, 2.45) is 5.41 Å². The fourth-order valence-electron chi connectivity index (χ4n) is 3.40. The predicted molar refractivity (Wildman–Crippen MR) is 103 cm³/mol. The quantitative estimate of drug-likeness (QED) is 0.841. The number of rotatable bonds is 4. The van der Waals surface area contributed by atoms with Crippen LogP contribution >= 0.6 is 11.6 Å². The normalized spacial score (nSPS) is 15.3. The molecular weight excluding hydrogens is 368 g/mol. The lowest BCUT2D eigenvalue weighted by molar-refractivity contribution is 0.0908. The topological polar surface area (TPSA) is 88.4 Å².